The number of hydrogen-bond donors (Lipinski definition) is 2. The van der Waals surface area contributed by atoms with E-state index in [1.807, 2.05) is 6.92 Å². The molecule has 0 aromatic rings. The number of ether oxygens (including phenoxy) is 1. The summed E-state index contributed by atoms with van der Waals surface area (Å²) in [6.07, 6.45) is 2.96. The third-order valence-corrected chi connectivity index (χ3v) is 1.16. The Kier molecular flexibility index (Phi) is 6.31. The molecule has 0 atom stereocenters. The van der Waals surface area contributed by atoms with E-state index in [1.165, 1.54) is 0 Å². The van der Waals surface area contributed by atoms with E-state index in [2.05, 4.69) is 10.1 Å². The summed E-state index contributed by atoms with van der Waals surface area (Å²) in [6, 6.07) is 0. The number of rotatable bonds is 5. The molecular formula is C8H13NO4. The van der Waals surface area contributed by atoms with Gasteiger partial charge in [0.2, 0.25) is 0 Å². The van der Waals surface area contributed by atoms with Gasteiger partial charge in [0, 0.05) is 12.3 Å². The average molecular weight is 187 g/mol. The number of hydrogen-bond acceptors (Lipinski definition) is 3. The van der Waals surface area contributed by atoms with Crippen LogP contribution in [-0.2, 0) is 9.53 Å². The van der Waals surface area contributed by atoms with Crippen molar-refractivity contribution in [1.82, 2.24) is 5.32 Å². The third-order valence-electron chi connectivity index (χ3n) is 1.16. The van der Waals surface area contributed by atoms with Crippen LogP contribution in [-0.4, -0.2) is 23.8 Å². The van der Waals surface area contributed by atoms with Crippen molar-refractivity contribution < 1.29 is 19.4 Å². The van der Waals surface area contributed by atoms with Crippen LogP contribution in [0.25, 0.3) is 0 Å². The Labute approximate surface area is 76.4 Å². The van der Waals surface area contributed by atoms with Crippen molar-refractivity contribution in [1.29, 1.82) is 0 Å². The molecule has 0 saturated carbocycles. The van der Waals surface area contributed by atoms with Crippen molar-refractivity contribution >= 4 is 12.1 Å². The van der Waals surface area contributed by atoms with Gasteiger partial charge >= 0.3 is 12.1 Å². The minimum Gasteiger partial charge on any atom is -0.478 e. The molecule has 0 aromatic heterocycles. The highest BCUT2D eigenvalue weighted by Crippen LogP contribution is 1.87. The van der Waals surface area contributed by atoms with Crippen LogP contribution in [0.3, 0.4) is 0 Å². The SMILES string of the molecule is CCCCOC(=O)NC=CC(=O)O. The van der Waals surface area contributed by atoms with Crippen LogP contribution in [0.1, 0.15) is 19.8 Å². The van der Waals surface area contributed by atoms with Crippen LogP contribution in [0.5, 0.6) is 0 Å². The first-order chi connectivity index (χ1) is 6.16. The largest absolute Gasteiger partial charge is 0.478 e. The molecule has 0 aromatic carbocycles. The van der Waals surface area contributed by atoms with Crippen LogP contribution >= 0.6 is 0 Å². The Morgan fingerprint density at radius 3 is 2.77 bits per heavy atom. The zero-order valence-electron chi connectivity index (χ0n) is 7.45. The summed E-state index contributed by atoms with van der Waals surface area (Å²) in [5, 5.41) is 10.3. The number of carbonyl (C=O) groups excluding carboxylic acids is 1. The Morgan fingerprint density at radius 2 is 2.23 bits per heavy atom. The van der Waals surface area contributed by atoms with Gasteiger partial charge in [0.1, 0.15) is 0 Å². The first-order valence-corrected chi connectivity index (χ1v) is 3.99. The van der Waals surface area contributed by atoms with Gasteiger partial charge in [0.15, 0.2) is 0 Å². The van der Waals surface area contributed by atoms with E-state index in [1.54, 1.807) is 0 Å². The van der Waals surface area contributed by atoms with E-state index in [0.29, 0.717) is 6.61 Å². The van der Waals surface area contributed by atoms with E-state index in [4.69, 9.17) is 5.11 Å². The molecule has 2 N–H and O–H groups in total. The summed E-state index contributed by atoms with van der Waals surface area (Å²) in [5.41, 5.74) is 0. The predicted octanol–water partition coefficient (Wildman–Crippen LogP) is 1.11. The summed E-state index contributed by atoms with van der Waals surface area (Å²) >= 11 is 0. The monoisotopic (exact) mass is 187 g/mol. The molecule has 0 rings (SSSR count). The molecule has 0 saturated heterocycles. The molecule has 5 heteroatoms. The van der Waals surface area contributed by atoms with E-state index in [9.17, 15) is 9.59 Å². The Balaban J connectivity index is 3.46. The molecular weight excluding hydrogens is 174 g/mol. The smallest absolute Gasteiger partial charge is 0.411 e. The number of carbonyl (C=O) groups is 2. The highest BCUT2D eigenvalue weighted by atomic mass is 16.5. The second-order valence-electron chi connectivity index (χ2n) is 2.31. The molecule has 0 unspecified atom stereocenters. The van der Waals surface area contributed by atoms with Crippen molar-refractivity contribution in [3.05, 3.63) is 12.3 Å². The van der Waals surface area contributed by atoms with Crippen LogP contribution in [0.2, 0.25) is 0 Å². The Bertz CT molecular complexity index is 200. The van der Waals surface area contributed by atoms with Gasteiger partial charge in [0.25, 0.3) is 0 Å². The molecule has 0 fully saturated rings. The van der Waals surface area contributed by atoms with Crippen molar-refractivity contribution in [2.75, 3.05) is 6.61 Å². The highest BCUT2D eigenvalue weighted by molar-refractivity contribution is 5.80. The number of carboxylic acids is 1. The molecule has 0 spiro atoms. The van der Waals surface area contributed by atoms with Crippen molar-refractivity contribution in [2.45, 2.75) is 19.8 Å². The lowest BCUT2D eigenvalue weighted by molar-refractivity contribution is -0.131. The van der Waals surface area contributed by atoms with Crippen LogP contribution in [0, 0.1) is 0 Å². The maximum atomic E-state index is 10.7. The lowest BCUT2D eigenvalue weighted by Gasteiger charge is -2.01. The van der Waals surface area contributed by atoms with Gasteiger partial charge in [-0.2, -0.15) is 0 Å². The van der Waals surface area contributed by atoms with Crippen molar-refractivity contribution in [3.8, 4) is 0 Å². The Morgan fingerprint density at radius 1 is 1.54 bits per heavy atom. The second kappa shape index (κ2) is 7.15. The van der Waals surface area contributed by atoms with Gasteiger partial charge in [0.05, 0.1) is 6.61 Å². The fraction of sp³-hybridized carbons (Fsp3) is 0.500. The fourth-order valence-corrected chi connectivity index (χ4v) is 0.532. The van der Waals surface area contributed by atoms with Crippen molar-refractivity contribution in [2.24, 2.45) is 0 Å². The quantitative estimate of drug-likeness (QED) is 0.499. The first kappa shape index (κ1) is 11.5. The molecule has 74 valence electrons. The number of amides is 1. The topological polar surface area (TPSA) is 75.6 Å². The summed E-state index contributed by atoms with van der Waals surface area (Å²) in [7, 11) is 0. The summed E-state index contributed by atoms with van der Waals surface area (Å²) in [5.74, 6) is -1.12. The predicted molar refractivity (Wildman–Crippen MR) is 46.2 cm³/mol. The zero-order valence-corrected chi connectivity index (χ0v) is 7.45. The van der Waals surface area contributed by atoms with Gasteiger partial charge in [-0.15, -0.1) is 0 Å². The third kappa shape index (κ3) is 8.39. The first-order valence-electron chi connectivity index (χ1n) is 3.99. The van der Waals surface area contributed by atoms with Gasteiger partial charge in [-0.05, 0) is 6.42 Å². The summed E-state index contributed by atoms with van der Waals surface area (Å²) in [6.45, 7) is 2.33. The van der Waals surface area contributed by atoms with Gasteiger partial charge in [-0.3, -0.25) is 5.32 Å². The van der Waals surface area contributed by atoms with Gasteiger partial charge in [-0.1, -0.05) is 13.3 Å². The standard InChI is InChI=1S/C8H13NO4/c1-2-3-6-13-8(12)9-5-4-7(10)11/h4-5H,2-3,6H2,1H3,(H,9,12)(H,10,11). The normalized spacial score (nSPS) is 9.92. The molecule has 0 radical (unpaired) electrons. The van der Waals surface area contributed by atoms with E-state index >= 15 is 0 Å². The molecule has 0 bridgehead atoms. The summed E-state index contributed by atoms with van der Waals surface area (Å²) in [4.78, 5) is 20.7. The van der Waals surface area contributed by atoms with Crippen LogP contribution < -0.4 is 5.32 Å². The molecule has 1 amide bonds. The minimum atomic E-state index is -1.12. The fourth-order valence-electron chi connectivity index (χ4n) is 0.532. The van der Waals surface area contributed by atoms with E-state index in [-0.39, 0.29) is 0 Å². The Hall–Kier alpha value is -1.52. The minimum absolute atomic E-state index is 0.350. The number of nitrogens with one attached hydrogen (secondary N) is 1. The van der Waals surface area contributed by atoms with Crippen LogP contribution in [0.15, 0.2) is 12.3 Å². The lowest BCUT2D eigenvalue weighted by Crippen LogP contribution is -2.19. The molecule has 13 heavy (non-hydrogen) atoms. The average Bonchev–Trinajstić information content (AvgIpc) is 2.04. The van der Waals surface area contributed by atoms with Crippen molar-refractivity contribution in [3.63, 3.8) is 0 Å². The lowest BCUT2D eigenvalue weighted by atomic mass is 10.4. The molecule has 5 nitrogen and oxygen atoms in total. The number of aliphatic carboxylic acids is 1. The highest BCUT2D eigenvalue weighted by Gasteiger charge is 1.96. The number of unbranched alkanes of at least 4 members (excludes halogenated alkanes) is 1. The van der Waals surface area contributed by atoms with Gasteiger partial charge in [-0.25, -0.2) is 9.59 Å². The number of carboxylic acid groups (broad SMARTS) is 1. The summed E-state index contributed by atoms with van der Waals surface area (Å²) < 4.78 is 4.67. The van der Waals surface area contributed by atoms with E-state index in [0.717, 1.165) is 25.1 Å². The zero-order chi connectivity index (χ0) is 10.1. The van der Waals surface area contributed by atoms with Crippen LogP contribution in [0.4, 0.5) is 4.79 Å². The molecule has 0 aliphatic heterocycles. The molecule has 0 aliphatic carbocycles. The molecule has 0 heterocycles. The maximum Gasteiger partial charge on any atom is 0.411 e. The number of alkyl carbamates (subject to hydrolysis) is 1. The van der Waals surface area contributed by atoms with E-state index < -0.39 is 12.1 Å². The molecule has 0 aliphatic rings. The van der Waals surface area contributed by atoms with Gasteiger partial charge < -0.3 is 9.84 Å². The second-order valence-corrected chi connectivity index (χ2v) is 2.31. The maximum absolute atomic E-state index is 10.7.